The molecule has 0 radical (unpaired) electrons. The van der Waals surface area contributed by atoms with Gasteiger partial charge in [0.05, 0.1) is 16.6 Å². The molecule has 2 atom stereocenters. The van der Waals surface area contributed by atoms with E-state index in [0.717, 1.165) is 24.8 Å². The van der Waals surface area contributed by atoms with Crippen molar-refractivity contribution in [2.75, 3.05) is 0 Å². The third kappa shape index (κ3) is 5.15. The van der Waals surface area contributed by atoms with Crippen molar-refractivity contribution in [2.45, 2.75) is 58.9 Å². The normalized spacial score (nSPS) is 20.7. The Kier molecular flexibility index (Phi) is 5.88. The van der Waals surface area contributed by atoms with Crippen molar-refractivity contribution < 1.29 is 27.8 Å². The molecule has 1 aliphatic rings. The van der Waals surface area contributed by atoms with Crippen molar-refractivity contribution in [3.63, 3.8) is 0 Å². The van der Waals surface area contributed by atoms with Crippen LogP contribution in [-0.4, -0.2) is 27.0 Å². The van der Waals surface area contributed by atoms with Crippen molar-refractivity contribution in [3.05, 3.63) is 59.4 Å². The third-order valence-electron chi connectivity index (χ3n) is 6.29. The molecule has 0 unspecified atom stereocenters. The number of carboxylic acid groups (broad SMARTS) is 1. The molecule has 0 aliphatic heterocycles. The lowest BCUT2D eigenvalue weighted by Crippen LogP contribution is -2.30. The minimum Gasteiger partial charge on any atom is -0.478 e. The van der Waals surface area contributed by atoms with Crippen molar-refractivity contribution in [1.29, 1.82) is 0 Å². The number of halogens is 3. The number of hydrogen-bond donors (Lipinski definition) is 1. The molecule has 8 heteroatoms. The number of nitrogens with zero attached hydrogens (tertiary/aromatic N) is 2. The summed E-state index contributed by atoms with van der Waals surface area (Å²) in [6, 6.07) is 11.0. The molecule has 1 aromatic heterocycles. The van der Waals surface area contributed by atoms with Gasteiger partial charge in [-0.1, -0.05) is 39.0 Å². The predicted molar refractivity (Wildman–Crippen MR) is 118 cm³/mol. The second-order valence-electron chi connectivity index (χ2n) is 9.81. The number of fused-ring (bicyclic) bond motifs is 1. The van der Waals surface area contributed by atoms with Gasteiger partial charge in [0.15, 0.2) is 0 Å². The first kappa shape index (κ1) is 23.1. The Hall–Kier alpha value is -3.03. The van der Waals surface area contributed by atoms with E-state index in [1.807, 2.05) is 0 Å². The second-order valence-corrected chi connectivity index (χ2v) is 9.81. The van der Waals surface area contributed by atoms with Crippen LogP contribution in [0, 0.1) is 11.3 Å². The van der Waals surface area contributed by atoms with E-state index in [1.54, 1.807) is 24.3 Å². The molecule has 0 spiro atoms. The number of imidazole rings is 1. The minimum absolute atomic E-state index is 0.106. The third-order valence-corrected chi connectivity index (χ3v) is 6.29. The summed E-state index contributed by atoms with van der Waals surface area (Å²) in [7, 11) is 0. The van der Waals surface area contributed by atoms with Crippen LogP contribution in [0.4, 0.5) is 13.2 Å². The zero-order valence-electron chi connectivity index (χ0n) is 18.8. The Balaban J connectivity index is 1.83. The quantitative estimate of drug-likeness (QED) is 0.465. The van der Waals surface area contributed by atoms with Crippen LogP contribution in [0.25, 0.3) is 11.0 Å². The largest absolute Gasteiger partial charge is 0.573 e. The minimum atomic E-state index is -4.80. The van der Waals surface area contributed by atoms with Gasteiger partial charge in [-0.2, -0.15) is 0 Å². The lowest BCUT2D eigenvalue weighted by atomic mass is 9.70. The van der Waals surface area contributed by atoms with Gasteiger partial charge < -0.3 is 14.4 Å². The zero-order valence-corrected chi connectivity index (χ0v) is 18.8. The standard InChI is InChI=1S/C25H27F3N2O3/c1-15-10-18(14-24(2,3)13-15)30-20-9-8-17(23(31)32)11-19(20)29-22(30)12-16-6-4-5-7-21(16)33-25(26,27)28/h4-9,11,15,18H,10,12-14H2,1-3H3,(H,31,32)/t15-,18+/m1/s1. The fourth-order valence-corrected chi connectivity index (χ4v) is 5.35. The zero-order chi connectivity index (χ0) is 24.0. The molecule has 2 aromatic carbocycles. The first-order valence-corrected chi connectivity index (χ1v) is 11.0. The van der Waals surface area contributed by atoms with Gasteiger partial charge in [-0.3, -0.25) is 0 Å². The highest BCUT2D eigenvalue weighted by Crippen LogP contribution is 2.45. The molecule has 0 saturated heterocycles. The van der Waals surface area contributed by atoms with Gasteiger partial charge in [0.1, 0.15) is 11.6 Å². The van der Waals surface area contributed by atoms with Crippen molar-refractivity contribution >= 4 is 17.0 Å². The molecular weight excluding hydrogens is 433 g/mol. The number of carboxylic acids is 1. The van der Waals surface area contributed by atoms with E-state index in [4.69, 9.17) is 4.98 Å². The predicted octanol–water partition coefficient (Wildman–Crippen LogP) is 6.61. The monoisotopic (exact) mass is 460 g/mol. The van der Waals surface area contributed by atoms with Gasteiger partial charge in [-0.15, -0.1) is 13.2 Å². The van der Waals surface area contributed by atoms with Gasteiger partial charge in [-0.25, -0.2) is 9.78 Å². The Bertz CT molecular complexity index is 1180. The van der Waals surface area contributed by atoms with Crippen LogP contribution >= 0.6 is 0 Å². The van der Waals surface area contributed by atoms with E-state index in [0.29, 0.717) is 22.8 Å². The van der Waals surface area contributed by atoms with E-state index in [1.165, 1.54) is 18.2 Å². The number of ether oxygens (including phenoxy) is 1. The van der Waals surface area contributed by atoms with Crippen LogP contribution in [0.1, 0.15) is 67.8 Å². The molecule has 33 heavy (non-hydrogen) atoms. The Morgan fingerprint density at radius 1 is 1.21 bits per heavy atom. The van der Waals surface area contributed by atoms with Crippen LogP contribution in [0.15, 0.2) is 42.5 Å². The Morgan fingerprint density at radius 2 is 1.94 bits per heavy atom. The number of rotatable bonds is 5. The van der Waals surface area contributed by atoms with E-state index >= 15 is 0 Å². The highest BCUT2D eigenvalue weighted by Gasteiger charge is 2.35. The first-order valence-electron chi connectivity index (χ1n) is 11.0. The summed E-state index contributed by atoms with van der Waals surface area (Å²) in [6.07, 6.45) is -1.75. The van der Waals surface area contributed by atoms with Crippen LogP contribution < -0.4 is 4.74 Å². The lowest BCUT2D eigenvalue weighted by molar-refractivity contribution is -0.274. The number of alkyl halides is 3. The van der Waals surface area contributed by atoms with Crippen molar-refractivity contribution in [1.82, 2.24) is 9.55 Å². The summed E-state index contributed by atoms with van der Waals surface area (Å²) < 4.78 is 45.2. The van der Waals surface area contributed by atoms with Crippen LogP contribution in [0.3, 0.4) is 0 Å². The number of hydrogen-bond acceptors (Lipinski definition) is 3. The van der Waals surface area contributed by atoms with E-state index in [2.05, 4.69) is 30.1 Å². The molecule has 5 nitrogen and oxygen atoms in total. The highest BCUT2D eigenvalue weighted by atomic mass is 19.4. The summed E-state index contributed by atoms with van der Waals surface area (Å²) in [6.45, 7) is 6.66. The van der Waals surface area contributed by atoms with Gasteiger partial charge in [0.2, 0.25) is 0 Å². The summed E-state index contributed by atoms with van der Waals surface area (Å²) in [5, 5.41) is 9.39. The van der Waals surface area contributed by atoms with Crippen molar-refractivity contribution in [2.24, 2.45) is 11.3 Å². The highest BCUT2D eigenvalue weighted by molar-refractivity contribution is 5.92. The van der Waals surface area contributed by atoms with E-state index in [-0.39, 0.29) is 29.2 Å². The maximum Gasteiger partial charge on any atom is 0.573 e. The summed E-state index contributed by atoms with van der Waals surface area (Å²) in [5.41, 5.74) is 1.91. The smallest absolute Gasteiger partial charge is 0.478 e. The topological polar surface area (TPSA) is 64.4 Å². The van der Waals surface area contributed by atoms with Crippen molar-refractivity contribution in [3.8, 4) is 5.75 Å². The van der Waals surface area contributed by atoms with E-state index < -0.39 is 12.3 Å². The number of aromatic nitrogens is 2. The number of benzene rings is 2. The first-order chi connectivity index (χ1) is 15.4. The Labute approximate surface area is 190 Å². The fourth-order valence-electron chi connectivity index (χ4n) is 5.35. The van der Waals surface area contributed by atoms with Gasteiger partial charge in [0, 0.05) is 18.0 Å². The number of aromatic carboxylic acids is 1. The molecule has 1 fully saturated rings. The average Bonchev–Trinajstić information content (AvgIpc) is 3.03. The van der Waals surface area contributed by atoms with Crippen LogP contribution in [-0.2, 0) is 6.42 Å². The number of para-hydroxylation sites is 1. The van der Waals surface area contributed by atoms with Crippen LogP contribution in [0.2, 0.25) is 0 Å². The van der Waals surface area contributed by atoms with Crippen LogP contribution in [0.5, 0.6) is 5.75 Å². The molecule has 3 aromatic rings. The molecular formula is C25H27F3N2O3. The maximum absolute atomic E-state index is 12.9. The lowest BCUT2D eigenvalue weighted by Gasteiger charge is -2.40. The fraction of sp³-hybridized carbons (Fsp3) is 0.440. The summed E-state index contributed by atoms with van der Waals surface area (Å²) in [5.74, 6) is -0.236. The second kappa shape index (κ2) is 8.39. The summed E-state index contributed by atoms with van der Waals surface area (Å²) >= 11 is 0. The molecule has 1 saturated carbocycles. The van der Waals surface area contributed by atoms with Gasteiger partial charge in [-0.05, 0) is 54.9 Å². The number of carbonyl (C=O) groups is 1. The molecule has 0 bridgehead atoms. The van der Waals surface area contributed by atoms with Gasteiger partial charge in [0.25, 0.3) is 0 Å². The van der Waals surface area contributed by atoms with Gasteiger partial charge >= 0.3 is 12.3 Å². The molecule has 1 heterocycles. The SMILES string of the molecule is C[C@@H]1C[C@H](n2c(Cc3ccccc3OC(F)(F)F)nc3cc(C(=O)O)ccc32)CC(C)(C)C1. The molecule has 4 rings (SSSR count). The Morgan fingerprint density at radius 3 is 2.61 bits per heavy atom. The molecule has 1 aliphatic carbocycles. The molecule has 176 valence electrons. The summed E-state index contributed by atoms with van der Waals surface area (Å²) in [4.78, 5) is 16.2. The maximum atomic E-state index is 12.9. The average molecular weight is 460 g/mol. The molecule has 0 amide bonds. The van der Waals surface area contributed by atoms with E-state index in [9.17, 15) is 23.1 Å². The molecule has 1 N–H and O–H groups in total.